The lowest BCUT2D eigenvalue weighted by molar-refractivity contribution is -0.132. The number of amides is 2. The van der Waals surface area contributed by atoms with Gasteiger partial charge in [0.05, 0.1) is 51.4 Å². The number of rotatable bonds is 20. The fourth-order valence-corrected chi connectivity index (χ4v) is 21.4. The number of likely N-dealkylation sites (N-methyl/N-ethyl adjacent to an activating group) is 1. The number of carbonyl (C=O) groups is 2. The van der Waals surface area contributed by atoms with Crippen LogP contribution in [0.1, 0.15) is 93.1 Å². The van der Waals surface area contributed by atoms with E-state index in [-0.39, 0.29) is 24.5 Å². The minimum absolute atomic E-state index is 0.175. The van der Waals surface area contributed by atoms with Crippen LogP contribution in [-0.2, 0) is 35.4 Å². The number of aromatic nitrogens is 16. The molecule has 16 heterocycles. The molecule has 4 aliphatic rings. The van der Waals surface area contributed by atoms with E-state index >= 15 is 0 Å². The molecule has 4 saturated heterocycles. The molecule has 25 rings (SSSR count). The number of nitrogens with one attached hydrogen (secondary N) is 1. The summed E-state index contributed by atoms with van der Waals surface area (Å²) in [6.45, 7) is 11.4. The zero-order valence-corrected chi connectivity index (χ0v) is 83.9. The summed E-state index contributed by atoms with van der Waals surface area (Å²) in [5.74, 6) is 7.97. The van der Waals surface area contributed by atoms with Crippen LogP contribution >= 0.6 is 0 Å². The number of nitrogen functional groups attached to an aromatic ring is 4. The molecular weight excluding hydrogens is 1850 g/mol. The van der Waals surface area contributed by atoms with E-state index in [2.05, 4.69) is 225 Å². The van der Waals surface area contributed by atoms with Gasteiger partial charge in [0.1, 0.15) is 98.0 Å². The summed E-state index contributed by atoms with van der Waals surface area (Å²) >= 11 is 0. The number of pyridine rings is 4. The van der Waals surface area contributed by atoms with Gasteiger partial charge in [0, 0.05) is 167 Å². The first-order valence-corrected chi connectivity index (χ1v) is 51.7. The van der Waals surface area contributed by atoms with Crippen molar-refractivity contribution in [2.45, 2.75) is 90.1 Å². The summed E-state index contributed by atoms with van der Waals surface area (Å²) in [7, 11) is 3.85. The van der Waals surface area contributed by atoms with Gasteiger partial charge in [0.25, 0.3) is 0 Å². The van der Waals surface area contributed by atoms with Crippen molar-refractivity contribution in [3.8, 4) is 90.1 Å². The lowest BCUT2D eigenvalue weighted by Gasteiger charge is -2.32. The third kappa shape index (κ3) is 21.3. The second-order valence-electron chi connectivity index (χ2n) is 39.5. The summed E-state index contributed by atoms with van der Waals surface area (Å²) < 4.78 is 14.0. The van der Waals surface area contributed by atoms with Crippen LogP contribution in [0.3, 0.4) is 0 Å². The highest BCUT2D eigenvalue weighted by Crippen LogP contribution is 2.41. The lowest BCUT2D eigenvalue weighted by atomic mass is 9.93. The number of anilines is 4. The van der Waals surface area contributed by atoms with Crippen LogP contribution in [0.15, 0.2) is 323 Å². The number of benzene rings is 9. The van der Waals surface area contributed by atoms with Crippen molar-refractivity contribution in [1.82, 2.24) is 102 Å². The molecule has 9 aromatic carbocycles. The van der Waals surface area contributed by atoms with Crippen LogP contribution in [-0.4, -0.2) is 189 Å². The average molecular weight is 1970 g/mol. The molecule has 149 heavy (non-hydrogen) atoms. The summed E-state index contributed by atoms with van der Waals surface area (Å²) in [5.41, 5.74) is 49.1. The fourth-order valence-electron chi connectivity index (χ4n) is 21.4. The molecule has 0 bridgehead atoms. The smallest absolute Gasteiger partial charge is 0.410 e. The minimum atomic E-state index is -0.255. The minimum Gasteiger partial charge on any atom is -0.445 e. The number of carbonyl (C=O) groups excluding carboxylic acids is 2. The van der Waals surface area contributed by atoms with Crippen molar-refractivity contribution in [1.29, 1.82) is 0 Å². The Balaban J connectivity index is 0.000000113. The topological polar surface area (TPSA) is 345 Å². The van der Waals surface area contributed by atoms with Crippen molar-refractivity contribution >= 4 is 101 Å². The van der Waals surface area contributed by atoms with Gasteiger partial charge >= 0.3 is 6.09 Å². The van der Waals surface area contributed by atoms with Gasteiger partial charge in [-0.2, -0.15) is 0 Å². The first-order valence-electron chi connectivity index (χ1n) is 51.7. The number of likely N-dealkylation sites (tertiary alicyclic amines) is 3. The molecule has 21 aromatic rings. The Morgan fingerprint density at radius 1 is 0.349 bits per heavy atom. The van der Waals surface area contributed by atoms with Gasteiger partial charge in [0.15, 0.2) is 0 Å². The third-order valence-electron chi connectivity index (χ3n) is 29.5. The van der Waals surface area contributed by atoms with Crippen LogP contribution in [0.5, 0.6) is 0 Å². The molecule has 0 atom stereocenters. The van der Waals surface area contributed by atoms with Gasteiger partial charge in [0.2, 0.25) is 5.91 Å². The highest BCUT2D eigenvalue weighted by Gasteiger charge is 2.33. The number of hydrogen-bond donors (Lipinski definition) is 5. The molecule has 2 amide bonds. The van der Waals surface area contributed by atoms with E-state index in [0.717, 1.165) is 262 Å². The molecule has 746 valence electrons. The Kier molecular flexibility index (Phi) is 28.3. The van der Waals surface area contributed by atoms with E-state index in [1.165, 1.54) is 38.8 Å². The predicted octanol–water partition coefficient (Wildman–Crippen LogP) is 21.5. The third-order valence-corrected chi connectivity index (χ3v) is 29.5. The summed E-state index contributed by atoms with van der Waals surface area (Å²) in [6.07, 6.45) is 25.5. The van der Waals surface area contributed by atoms with Crippen LogP contribution in [0.2, 0.25) is 0 Å². The molecule has 4 fully saturated rings. The zero-order valence-electron chi connectivity index (χ0n) is 83.9. The van der Waals surface area contributed by atoms with Crippen LogP contribution in [0.25, 0.3) is 156 Å². The van der Waals surface area contributed by atoms with Crippen LogP contribution < -0.4 is 28.3 Å². The first-order chi connectivity index (χ1) is 73.0. The number of piperidine rings is 4. The highest BCUT2D eigenvalue weighted by atomic mass is 16.6. The predicted molar refractivity (Wildman–Crippen MR) is 594 cm³/mol. The molecule has 9 N–H and O–H groups in total. The van der Waals surface area contributed by atoms with Crippen molar-refractivity contribution in [3.05, 3.63) is 351 Å². The first kappa shape index (κ1) is 96.7. The number of hydrogen-bond acceptors (Lipinski definition) is 22. The Hall–Kier alpha value is -17.1. The van der Waals surface area contributed by atoms with Crippen molar-refractivity contribution in [2.24, 2.45) is 17.8 Å². The van der Waals surface area contributed by atoms with Crippen LogP contribution in [0.4, 0.5) is 28.1 Å². The quantitative estimate of drug-likeness (QED) is 0.0473. The van der Waals surface area contributed by atoms with Gasteiger partial charge in [-0.1, -0.05) is 231 Å². The second kappa shape index (κ2) is 43.7. The molecule has 0 unspecified atom stereocenters. The maximum Gasteiger partial charge on any atom is 0.410 e. The Bertz CT molecular complexity index is 8380. The molecule has 0 radical (unpaired) electrons. The molecule has 12 aromatic heterocycles. The zero-order chi connectivity index (χ0) is 101. The van der Waals surface area contributed by atoms with Crippen molar-refractivity contribution in [3.63, 3.8) is 0 Å². The van der Waals surface area contributed by atoms with Crippen molar-refractivity contribution in [2.75, 3.05) is 102 Å². The largest absolute Gasteiger partial charge is 0.445 e. The SMILES string of the molecule is CCN1CCC(Cc2nc(-c3ccc4ccc(-c5ccccc5)nc4c3)c3c(N)nccn23)CC1.CN(C)CC(=O)N1CCC(c2nc(-c3ccc4ccc(-c5ccccc5)nc4c3)c3c(N)nccn23)CC1.Nc1nccn2c(CC3CCN(C(=O)OCc4ccccc4)CC3)nc(-c3ccc4ccc(-c5ccccc5)nc4c3)c12.Nc1nccn2c(CC3CCNCC3)nc(-c3ccc4ccc(-c5ccccc5)nc4c3)c12. The molecule has 28 nitrogen and oxygen atoms in total. The number of imidazole rings is 4. The van der Waals surface area contributed by atoms with Crippen molar-refractivity contribution < 1.29 is 14.3 Å². The number of nitrogens with two attached hydrogens (primary N) is 4. The lowest BCUT2D eigenvalue weighted by Crippen LogP contribution is -2.42. The molecular formula is C121H119N25O3. The second-order valence-corrected chi connectivity index (χ2v) is 39.5. The van der Waals surface area contributed by atoms with E-state index in [1.807, 2.05) is 157 Å². The fraction of sp³-hybridized carbons (Fsp3) is 0.240. The maximum atomic E-state index is 12.7. The Morgan fingerprint density at radius 2 is 0.664 bits per heavy atom. The van der Waals surface area contributed by atoms with Crippen LogP contribution in [0, 0.1) is 17.8 Å². The summed E-state index contributed by atoms with van der Waals surface area (Å²) in [5, 5.41) is 7.78. The van der Waals surface area contributed by atoms with Gasteiger partial charge in [-0.05, 0) is 170 Å². The molecule has 4 aliphatic heterocycles. The van der Waals surface area contributed by atoms with E-state index in [4.69, 9.17) is 67.5 Å². The van der Waals surface area contributed by atoms with E-state index < -0.39 is 0 Å². The number of fused-ring (bicyclic) bond motifs is 8. The van der Waals surface area contributed by atoms with E-state index in [0.29, 0.717) is 60.7 Å². The molecule has 0 saturated carbocycles. The standard InChI is InChI=1S/C35H32N6O2.C30H31N7O.C29H30N6.C27H26N6/c36-34-33-32(28-12-11-27-13-14-29(38-30(27)22-28)26-9-5-2-6-10-26)39-31(41(33)20-17-37-34)21-24-15-18-40(19-16-24)35(42)43-23-25-7-3-1-4-8-25;1-35(2)19-26(38)36-15-12-22(13-16-36)30-34-27(28-29(31)32-14-17-37(28)30)23-9-8-21-10-11-24(33-25(21)18-23)20-6-4-3-5-7-20;1-2-34-15-12-20(13-16-34)18-26-33-27(28-29(30)31-14-17-35(26)28)23-9-8-22-10-11-24(32-25(22)19-23)21-6-4-3-5-7-21;28-27-26-25(32-24(33(26)15-14-30-27)16-18-10-12-29-13-11-18)21-7-6-20-8-9-22(31-23(20)17-21)19-4-2-1-3-5-19/h1-14,17,20,22,24H,15-16,18-19,21,23H2,(H2,36,37);3-11,14,17-18,22H,12-13,15-16,19H2,1-2H3,(H2,31,32);3-11,14,17,19-20H,2,12-13,15-16,18H2,1H3,(H2,30,31);1-9,14-15,17-18,29H,10-13,16H2,(H2,28,30). The summed E-state index contributed by atoms with van der Waals surface area (Å²) in [4.78, 5) is 91.3. The van der Waals surface area contributed by atoms with Gasteiger partial charge in [-0.15, -0.1) is 0 Å². The average Bonchev–Trinajstić information content (AvgIpc) is 1.64. The van der Waals surface area contributed by atoms with Gasteiger partial charge in [-0.3, -0.25) is 22.4 Å². The molecule has 28 heteroatoms. The Labute approximate surface area is 864 Å². The Morgan fingerprint density at radius 3 is 1.02 bits per heavy atom. The highest BCUT2D eigenvalue weighted by molar-refractivity contribution is 5.96. The van der Waals surface area contributed by atoms with Gasteiger partial charge < -0.3 is 52.6 Å². The normalized spacial score (nSPS) is 14.6. The molecule has 0 aliphatic carbocycles. The van der Waals surface area contributed by atoms with E-state index in [9.17, 15) is 9.59 Å². The monoisotopic (exact) mass is 1970 g/mol. The van der Waals surface area contributed by atoms with Gasteiger partial charge in [-0.25, -0.2) is 64.6 Å². The summed E-state index contributed by atoms with van der Waals surface area (Å²) in [6, 6.07) is 92.6. The number of ether oxygens (including phenoxy) is 1. The van der Waals surface area contributed by atoms with E-state index in [1.54, 1.807) is 24.8 Å². The maximum absolute atomic E-state index is 12.7. The number of nitrogens with zero attached hydrogens (tertiary/aromatic N) is 20. The molecule has 0 spiro atoms.